The zero-order chi connectivity index (χ0) is 16.4. The smallest absolute Gasteiger partial charge is 0.223 e. The highest BCUT2D eigenvalue weighted by molar-refractivity contribution is 7.09. The molecular formula is C18H21N3O2S. The largest absolute Gasteiger partial charge is 0.370 e. The first kappa shape index (κ1) is 15.7. The third kappa shape index (κ3) is 3.65. The van der Waals surface area contributed by atoms with Gasteiger partial charge in [0.2, 0.25) is 5.91 Å². The first-order valence-electron chi connectivity index (χ1n) is 8.48. The molecule has 1 amide bonds. The molecule has 2 aliphatic rings. The average molecular weight is 343 g/mol. The van der Waals surface area contributed by atoms with E-state index in [1.54, 1.807) is 17.5 Å². The van der Waals surface area contributed by atoms with Crippen molar-refractivity contribution in [1.82, 2.24) is 14.9 Å². The average Bonchev–Trinajstić information content (AvgIpc) is 3.26. The van der Waals surface area contributed by atoms with Gasteiger partial charge in [-0.25, -0.2) is 4.98 Å². The van der Waals surface area contributed by atoms with Crippen molar-refractivity contribution < 1.29 is 9.53 Å². The van der Waals surface area contributed by atoms with Crippen molar-refractivity contribution in [3.8, 4) is 0 Å². The molecule has 2 aromatic heterocycles. The van der Waals surface area contributed by atoms with E-state index in [2.05, 4.69) is 9.97 Å². The van der Waals surface area contributed by atoms with Crippen molar-refractivity contribution in [2.45, 2.75) is 45.4 Å². The zero-order valence-electron chi connectivity index (χ0n) is 13.6. The predicted octanol–water partition coefficient (Wildman–Crippen LogP) is 2.94. The highest BCUT2D eigenvalue weighted by atomic mass is 32.1. The first-order chi connectivity index (χ1) is 11.8. The Morgan fingerprint density at radius 2 is 2.25 bits per heavy atom. The second-order valence-electron chi connectivity index (χ2n) is 6.57. The van der Waals surface area contributed by atoms with Crippen LogP contribution in [-0.2, 0) is 35.7 Å². The molecule has 0 saturated heterocycles. The van der Waals surface area contributed by atoms with E-state index in [9.17, 15) is 4.79 Å². The lowest BCUT2D eigenvalue weighted by molar-refractivity contribution is -0.132. The fraction of sp³-hybridized carbons (Fsp3) is 0.500. The Morgan fingerprint density at radius 1 is 1.33 bits per heavy atom. The van der Waals surface area contributed by atoms with Gasteiger partial charge in [-0.05, 0) is 41.9 Å². The van der Waals surface area contributed by atoms with E-state index in [1.807, 2.05) is 22.7 Å². The highest BCUT2D eigenvalue weighted by Gasteiger charge is 2.29. The van der Waals surface area contributed by atoms with Gasteiger partial charge in [-0.3, -0.25) is 9.78 Å². The van der Waals surface area contributed by atoms with Gasteiger partial charge in [0, 0.05) is 43.5 Å². The minimum absolute atomic E-state index is 0.300. The molecule has 24 heavy (non-hydrogen) atoms. The maximum atomic E-state index is 12.3. The normalized spacial score (nSPS) is 16.9. The summed E-state index contributed by atoms with van der Waals surface area (Å²) in [6.45, 7) is 2.58. The number of ether oxygens (including phenoxy) is 1. The number of rotatable bonds is 6. The number of carbonyl (C=O) groups is 1. The molecule has 0 bridgehead atoms. The van der Waals surface area contributed by atoms with Crippen LogP contribution in [0.2, 0.25) is 0 Å². The van der Waals surface area contributed by atoms with E-state index in [0.717, 1.165) is 30.0 Å². The summed E-state index contributed by atoms with van der Waals surface area (Å²) in [5.74, 6) is 0.941. The van der Waals surface area contributed by atoms with Crippen molar-refractivity contribution in [3.05, 3.63) is 45.7 Å². The Bertz CT molecular complexity index is 713. The van der Waals surface area contributed by atoms with Crippen LogP contribution in [0.15, 0.2) is 24.0 Å². The number of thiazole rings is 1. The second-order valence-corrected chi connectivity index (χ2v) is 7.55. The van der Waals surface area contributed by atoms with Crippen LogP contribution >= 0.6 is 11.3 Å². The first-order valence-corrected chi connectivity index (χ1v) is 9.36. The van der Waals surface area contributed by atoms with E-state index in [-0.39, 0.29) is 0 Å². The standard InChI is InChI=1S/C18H21N3O2S/c22-18(7-13-1-2-13)21-5-3-16-14(10-21)8-19-9-15(16)11-23-12-17-20-4-6-24-17/h4,6,8-9,13H,1-3,5,7,10-12H2. The third-order valence-electron chi connectivity index (χ3n) is 4.71. The zero-order valence-corrected chi connectivity index (χ0v) is 14.4. The van der Waals surface area contributed by atoms with Crippen LogP contribution in [0.25, 0.3) is 0 Å². The van der Waals surface area contributed by atoms with Gasteiger partial charge < -0.3 is 9.64 Å². The molecule has 1 fully saturated rings. The lowest BCUT2D eigenvalue weighted by Crippen LogP contribution is -2.36. The van der Waals surface area contributed by atoms with E-state index in [4.69, 9.17) is 4.74 Å². The van der Waals surface area contributed by atoms with Gasteiger partial charge >= 0.3 is 0 Å². The Labute approximate surface area is 145 Å². The fourth-order valence-corrected chi connectivity index (χ4v) is 3.73. The van der Waals surface area contributed by atoms with Crippen molar-refractivity contribution in [2.24, 2.45) is 5.92 Å². The molecule has 0 radical (unpaired) electrons. The van der Waals surface area contributed by atoms with E-state index in [1.165, 1.54) is 24.0 Å². The van der Waals surface area contributed by atoms with Crippen molar-refractivity contribution >= 4 is 17.2 Å². The predicted molar refractivity (Wildman–Crippen MR) is 91.3 cm³/mol. The van der Waals surface area contributed by atoms with Gasteiger partial charge in [0.1, 0.15) is 5.01 Å². The molecule has 1 aliphatic carbocycles. The molecule has 5 nitrogen and oxygen atoms in total. The van der Waals surface area contributed by atoms with Gasteiger partial charge in [0.25, 0.3) is 0 Å². The molecule has 6 heteroatoms. The molecule has 2 aromatic rings. The van der Waals surface area contributed by atoms with Gasteiger partial charge in [0.05, 0.1) is 13.2 Å². The van der Waals surface area contributed by atoms with Crippen molar-refractivity contribution in [1.29, 1.82) is 0 Å². The monoisotopic (exact) mass is 343 g/mol. The van der Waals surface area contributed by atoms with Gasteiger partial charge in [-0.1, -0.05) is 0 Å². The molecular weight excluding hydrogens is 322 g/mol. The van der Waals surface area contributed by atoms with Crippen LogP contribution in [0.4, 0.5) is 0 Å². The number of amides is 1. The number of carbonyl (C=O) groups excluding carboxylic acids is 1. The summed E-state index contributed by atoms with van der Waals surface area (Å²) >= 11 is 1.60. The lowest BCUT2D eigenvalue weighted by atomic mass is 9.97. The summed E-state index contributed by atoms with van der Waals surface area (Å²) < 4.78 is 5.79. The molecule has 0 aromatic carbocycles. The fourth-order valence-electron chi connectivity index (χ4n) is 3.18. The summed E-state index contributed by atoms with van der Waals surface area (Å²) in [7, 11) is 0. The summed E-state index contributed by atoms with van der Waals surface area (Å²) in [6.07, 6.45) is 9.64. The summed E-state index contributed by atoms with van der Waals surface area (Å²) in [6, 6.07) is 0. The Hall–Kier alpha value is -1.79. The van der Waals surface area contributed by atoms with Gasteiger partial charge in [-0.2, -0.15) is 0 Å². The molecule has 1 aliphatic heterocycles. The Balaban J connectivity index is 1.38. The molecule has 126 valence electrons. The third-order valence-corrected chi connectivity index (χ3v) is 5.46. The van der Waals surface area contributed by atoms with Gasteiger partial charge in [0.15, 0.2) is 0 Å². The van der Waals surface area contributed by atoms with Crippen LogP contribution < -0.4 is 0 Å². The number of aromatic nitrogens is 2. The SMILES string of the molecule is O=C(CC1CC1)N1CCc2c(COCc3nccs3)cncc2C1. The maximum Gasteiger partial charge on any atom is 0.223 e. The summed E-state index contributed by atoms with van der Waals surface area (Å²) in [5, 5.41) is 2.95. The van der Waals surface area contributed by atoms with Gasteiger partial charge in [-0.15, -0.1) is 11.3 Å². The number of pyridine rings is 1. The Morgan fingerprint density at radius 3 is 3.04 bits per heavy atom. The molecule has 3 heterocycles. The molecule has 4 rings (SSSR count). The van der Waals surface area contributed by atoms with Crippen LogP contribution in [-0.4, -0.2) is 27.3 Å². The summed E-state index contributed by atoms with van der Waals surface area (Å²) in [5.41, 5.74) is 3.61. The van der Waals surface area contributed by atoms with Crippen molar-refractivity contribution in [2.75, 3.05) is 6.54 Å². The molecule has 0 atom stereocenters. The number of hydrogen-bond acceptors (Lipinski definition) is 5. The van der Waals surface area contributed by atoms with Crippen molar-refractivity contribution in [3.63, 3.8) is 0 Å². The molecule has 0 unspecified atom stereocenters. The number of hydrogen-bond donors (Lipinski definition) is 0. The van der Waals surface area contributed by atoms with E-state index in [0.29, 0.717) is 31.6 Å². The maximum absolute atomic E-state index is 12.3. The van der Waals surface area contributed by atoms with E-state index < -0.39 is 0 Å². The Kier molecular flexibility index (Phi) is 4.58. The molecule has 0 spiro atoms. The van der Waals surface area contributed by atoms with Crippen LogP contribution in [0.3, 0.4) is 0 Å². The summed E-state index contributed by atoms with van der Waals surface area (Å²) in [4.78, 5) is 22.9. The number of fused-ring (bicyclic) bond motifs is 1. The topological polar surface area (TPSA) is 55.3 Å². The lowest BCUT2D eigenvalue weighted by Gasteiger charge is -2.30. The van der Waals surface area contributed by atoms with Crippen LogP contribution in [0.1, 0.15) is 41.0 Å². The quantitative estimate of drug-likeness (QED) is 0.809. The van der Waals surface area contributed by atoms with Crippen LogP contribution in [0.5, 0.6) is 0 Å². The molecule has 1 saturated carbocycles. The van der Waals surface area contributed by atoms with E-state index >= 15 is 0 Å². The molecule has 0 N–H and O–H groups in total. The second kappa shape index (κ2) is 6.99. The highest BCUT2D eigenvalue weighted by Crippen LogP contribution is 2.33. The minimum Gasteiger partial charge on any atom is -0.370 e. The number of nitrogens with zero attached hydrogens (tertiary/aromatic N) is 3. The van der Waals surface area contributed by atoms with Crippen LogP contribution in [0, 0.1) is 5.92 Å². The minimum atomic E-state index is 0.300.